The molecule has 0 aliphatic heterocycles. The monoisotopic (exact) mass is 239 g/mol. The topological polar surface area (TPSA) is 79.5 Å². The van der Waals surface area contributed by atoms with Gasteiger partial charge in [-0.3, -0.25) is 4.79 Å². The second-order valence-corrected chi connectivity index (χ2v) is 4.34. The Balaban J connectivity index is 2.44. The second kappa shape index (κ2) is 6.20. The van der Waals surface area contributed by atoms with E-state index in [9.17, 15) is 14.7 Å². The van der Waals surface area contributed by atoms with Crippen LogP contribution in [-0.4, -0.2) is 23.7 Å². The summed E-state index contributed by atoms with van der Waals surface area (Å²) in [5.74, 6) is 0.00760. The van der Waals surface area contributed by atoms with E-state index < -0.39 is 11.7 Å². The van der Waals surface area contributed by atoms with Crippen molar-refractivity contribution in [1.29, 1.82) is 0 Å². The smallest absolute Gasteiger partial charge is 0.335 e. The molecule has 1 heterocycles. The third-order valence-corrected chi connectivity index (χ3v) is 2.20. The minimum Gasteiger partial charge on any atom is -0.430 e. The molecule has 1 aromatic heterocycles. The van der Waals surface area contributed by atoms with Crippen LogP contribution in [0.1, 0.15) is 30.6 Å². The highest BCUT2D eigenvalue weighted by Gasteiger charge is 2.10. The highest BCUT2D eigenvalue weighted by Crippen LogP contribution is 2.03. The summed E-state index contributed by atoms with van der Waals surface area (Å²) in [5, 5.41) is 12.1. The fourth-order valence-electron chi connectivity index (χ4n) is 1.43. The second-order valence-electron chi connectivity index (χ2n) is 4.34. The molecule has 17 heavy (non-hydrogen) atoms. The van der Waals surface area contributed by atoms with Crippen LogP contribution >= 0.6 is 0 Å². The average molecular weight is 239 g/mol. The van der Waals surface area contributed by atoms with Crippen molar-refractivity contribution in [2.45, 2.75) is 26.4 Å². The van der Waals surface area contributed by atoms with Gasteiger partial charge in [0.1, 0.15) is 6.26 Å². The van der Waals surface area contributed by atoms with E-state index >= 15 is 0 Å². The Morgan fingerprint density at radius 1 is 1.47 bits per heavy atom. The zero-order chi connectivity index (χ0) is 12.8. The average Bonchev–Trinajstić information content (AvgIpc) is 2.26. The Kier molecular flexibility index (Phi) is 4.90. The zero-order valence-corrected chi connectivity index (χ0v) is 9.97. The van der Waals surface area contributed by atoms with Gasteiger partial charge >= 0.3 is 5.63 Å². The van der Waals surface area contributed by atoms with Gasteiger partial charge in [-0.15, -0.1) is 0 Å². The van der Waals surface area contributed by atoms with Gasteiger partial charge in [0, 0.05) is 12.6 Å². The standard InChI is InChI=1S/C12H17NO4/c1-8(2)5-10(14)6-13-12(16)9-3-4-11(15)17-7-9/h3-4,7-8,10,14H,5-6H2,1-2H3,(H,13,16). The summed E-state index contributed by atoms with van der Waals surface area (Å²) in [6, 6.07) is 2.56. The summed E-state index contributed by atoms with van der Waals surface area (Å²) < 4.78 is 4.57. The van der Waals surface area contributed by atoms with Gasteiger partial charge in [0.2, 0.25) is 0 Å². The van der Waals surface area contributed by atoms with E-state index in [-0.39, 0.29) is 18.0 Å². The van der Waals surface area contributed by atoms with Crippen LogP contribution in [0.25, 0.3) is 0 Å². The summed E-state index contributed by atoms with van der Waals surface area (Å²) in [4.78, 5) is 22.3. The first kappa shape index (κ1) is 13.4. The van der Waals surface area contributed by atoms with Gasteiger partial charge in [-0.2, -0.15) is 0 Å². The molecule has 0 radical (unpaired) electrons. The molecule has 0 saturated heterocycles. The minimum absolute atomic E-state index is 0.191. The normalized spacial score (nSPS) is 12.5. The third kappa shape index (κ3) is 4.82. The fraction of sp³-hybridized carbons (Fsp3) is 0.500. The van der Waals surface area contributed by atoms with Crippen LogP contribution in [0.15, 0.2) is 27.6 Å². The van der Waals surface area contributed by atoms with E-state index in [1.165, 1.54) is 12.1 Å². The van der Waals surface area contributed by atoms with Crippen molar-refractivity contribution in [1.82, 2.24) is 5.32 Å². The van der Waals surface area contributed by atoms with E-state index in [1.54, 1.807) is 0 Å². The highest BCUT2D eigenvalue weighted by molar-refractivity contribution is 5.93. The quantitative estimate of drug-likeness (QED) is 0.795. The van der Waals surface area contributed by atoms with Crippen LogP contribution in [0.5, 0.6) is 0 Å². The molecule has 0 aliphatic rings. The summed E-state index contributed by atoms with van der Waals surface area (Å²) >= 11 is 0. The number of nitrogens with one attached hydrogen (secondary N) is 1. The molecular weight excluding hydrogens is 222 g/mol. The largest absolute Gasteiger partial charge is 0.430 e. The first-order chi connectivity index (χ1) is 7.99. The lowest BCUT2D eigenvalue weighted by atomic mass is 10.1. The van der Waals surface area contributed by atoms with Crippen molar-refractivity contribution < 1.29 is 14.3 Å². The zero-order valence-electron chi connectivity index (χ0n) is 9.97. The summed E-state index contributed by atoms with van der Waals surface area (Å²) in [7, 11) is 0. The van der Waals surface area contributed by atoms with Crippen LogP contribution in [0.4, 0.5) is 0 Å². The maximum atomic E-state index is 11.6. The summed E-state index contributed by atoms with van der Waals surface area (Å²) in [5.41, 5.74) is -0.234. The van der Waals surface area contributed by atoms with Crippen LogP contribution in [0.2, 0.25) is 0 Å². The lowest BCUT2D eigenvalue weighted by molar-refractivity contribution is 0.0898. The van der Waals surface area contributed by atoms with Gasteiger partial charge in [-0.05, 0) is 18.4 Å². The fourth-order valence-corrected chi connectivity index (χ4v) is 1.43. The number of rotatable bonds is 5. The molecule has 1 rings (SSSR count). The molecule has 1 amide bonds. The number of carbonyl (C=O) groups excluding carboxylic acids is 1. The predicted octanol–water partition coefficient (Wildman–Crippen LogP) is 0.777. The predicted molar refractivity (Wildman–Crippen MR) is 62.8 cm³/mol. The number of carbonyl (C=O) groups is 1. The van der Waals surface area contributed by atoms with Gasteiger partial charge in [0.25, 0.3) is 5.91 Å². The molecule has 2 N–H and O–H groups in total. The molecule has 5 nitrogen and oxygen atoms in total. The van der Waals surface area contributed by atoms with Gasteiger partial charge in [0.05, 0.1) is 11.7 Å². The highest BCUT2D eigenvalue weighted by atomic mass is 16.4. The van der Waals surface area contributed by atoms with Crippen molar-refractivity contribution in [3.05, 3.63) is 34.4 Å². The van der Waals surface area contributed by atoms with E-state index in [0.29, 0.717) is 12.3 Å². The van der Waals surface area contributed by atoms with Crippen molar-refractivity contribution >= 4 is 5.91 Å². The Bertz CT molecular complexity index is 404. The number of hydrogen-bond acceptors (Lipinski definition) is 4. The maximum Gasteiger partial charge on any atom is 0.335 e. The molecule has 94 valence electrons. The third-order valence-electron chi connectivity index (χ3n) is 2.20. The molecule has 1 unspecified atom stereocenters. The van der Waals surface area contributed by atoms with Crippen LogP contribution in [0.3, 0.4) is 0 Å². The van der Waals surface area contributed by atoms with Gasteiger partial charge < -0.3 is 14.8 Å². The SMILES string of the molecule is CC(C)CC(O)CNC(=O)c1ccc(=O)oc1. The first-order valence-corrected chi connectivity index (χ1v) is 5.54. The van der Waals surface area contributed by atoms with Gasteiger partial charge in [-0.25, -0.2) is 4.79 Å². The molecule has 1 aromatic rings. The molecule has 0 spiro atoms. The number of aliphatic hydroxyl groups is 1. The van der Waals surface area contributed by atoms with Crippen LogP contribution in [0, 0.1) is 5.92 Å². The summed E-state index contributed by atoms with van der Waals surface area (Å²) in [6.45, 7) is 4.18. The van der Waals surface area contributed by atoms with E-state index in [4.69, 9.17) is 0 Å². The first-order valence-electron chi connectivity index (χ1n) is 5.54. The lowest BCUT2D eigenvalue weighted by Crippen LogP contribution is -2.32. The summed E-state index contributed by atoms with van der Waals surface area (Å²) in [6.07, 6.45) is 1.17. The van der Waals surface area contributed by atoms with Crippen molar-refractivity contribution in [3.8, 4) is 0 Å². The van der Waals surface area contributed by atoms with Crippen molar-refractivity contribution in [3.63, 3.8) is 0 Å². The van der Waals surface area contributed by atoms with E-state index in [0.717, 1.165) is 6.26 Å². The molecule has 0 aromatic carbocycles. The molecule has 0 aliphatic carbocycles. The molecule has 1 atom stereocenters. The van der Waals surface area contributed by atoms with Crippen LogP contribution in [-0.2, 0) is 0 Å². The molecular formula is C12H17NO4. The van der Waals surface area contributed by atoms with Crippen molar-refractivity contribution in [2.75, 3.05) is 6.54 Å². The minimum atomic E-state index is -0.560. The Morgan fingerprint density at radius 2 is 2.18 bits per heavy atom. The number of aliphatic hydroxyl groups excluding tert-OH is 1. The Morgan fingerprint density at radius 3 is 2.71 bits per heavy atom. The Hall–Kier alpha value is -1.62. The lowest BCUT2D eigenvalue weighted by Gasteiger charge is -2.13. The van der Waals surface area contributed by atoms with E-state index in [2.05, 4.69) is 9.73 Å². The molecule has 5 heteroatoms. The number of amides is 1. The number of hydrogen-bond donors (Lipinski definition) is 2. The van der Waals surface area contributed by atoms with E-state index in [1.807, 2.05) is 13.8 Å². The van der Waals surface area contributed by atoms with Crippen molar-refractivity contribution in [2.24, 2.45) is 5.92 Å². The molecule has 0 fully saturated rings. The molecule has 0 saturated carbocycles. The van der Waals surface area contributed by atoms with Crippen LogP contribution < -0.4 is 10.9 Å². The van der Waals surface area contributed by atoms with Gasteiger partial charge in [0.15, 0.2) is 0 Å². The molecule has 0 bridgehead atoms. The van der Waals surface area contributed by atoms with Gasteiger partial charge in [-0.1, -0.05) is 13.8 Å². The Labute approximate surface area is 99.5 Å². The maximum absolute atomic E-state index is 11.6.